The molecule has 1 fully saturated rings. The van der Waals surface area contributed by atoms with E-state index in [0.29, 0.717) is 37.4 Å². The highest BCUT2D eigenvalue weighted by molar-refractivity contribution is 6.30. The number of nitrogens with zero attached hydrogens (tertiary/aromatic N) is 1. The molecule has 0 heterocycles. The molecule has 1 saturated carbocycles. The van der Waals surface area contributed by atoms with Crippen LogP contribution in [-0.4, -0.2) is 35.4 Å². The number of amides is 2. The minimum absolute atomic E-state index is 0.0459. The predicted molar refractivity (Wildman–Crippen MR) is 152 cm³/mol. The summed E-state index contributed by atoms with van der Waals surface area (Å²) < 4.78 is 5.81. The fourth-order valence-electron chi connectivity index (χ4n) is 4.98. The number of carbonyl (C=O) groups is 2. The second-order valence-electron chi connectivity index (χ2n) is 10.0. The van der Waals surface area contributed by atoms with E-state index in [2.05, 4.69) is 5.32 Å². The molecule has 3 aromatic rings. The molecule has 2 amide bonds. The van der Waals surface area contributed by atoms with Crippen molar-refractivity contribution in [1.82, 2.24) is 10.2 Å². The zero-order chi connectivity index (χ0) is 26.7. The normalized spacial score (nSPS) is 14.2. The minimum Gasteiger partial charge on any atom is -0.494 e. The molecule has 0 aliphatic heterocycles. The molecular weight excluding hydrogens is 496 g/mol. The van der Waals surface area contributed by atoms with Crippen LogP contribution in [0, 0.1) is 6.92 Å². The SMILES string of the molecule is Cc1ccccc1CN(C(=O)CCCOc1ccc(Cl)cc1)C(Cc1ccccc1)C(=O)NC1CCCC1. The van der Waals surface area contributed by atoms with Gasteiger partial charge in [0.25, 0.3) is 0 Å². The van der Waals surface area contributed by atoms with Gasteiger partial charge < -0.3 is 15.0 Å². The van der Waals surface area contributed by atoms with Crippen LogP contribution in [0.3, 0.4) is 0 Å². The first-order chi connectivity index (χ1) is 18.5. The van der Waals surface area contributed by atoms with Crippen LogP contribution in [0.2, 0.25) is 5.02 Å². The van der Waals surface area contributed by atoms with E-state index in [1.165, 1.54) is 0 Å². The molecule has 200 valence electrons. The van der Waals surface area contributed by atoms with Crippen molar-refractivity contribution >= 4 is 23.4 Å². The van der Waals surface area contributed by atoms with Gasteiger partial charge in [-0.25, -0.2) is 0 Å². The van der Waals surface area contributed by atoms with E-state index in [-0.39, 0.29) is 17.9 Å². The van der Waals surface area contributed by atoms with Crippen LogP contribution in [0.4, 0.5) is 0 Å². The summed E-state index contributed by atoms with van der Waals surface area (Å²) in [5.74, 6) is 0.604. The zero-order valence-electron chi connectivity index (χ0n) is 22.1. The largest absolute Gasteiger partial charge is 0.494 e. The third-order valence-electron chi connectivity index (χ3n) is 7.19. The molecule has 1 aliphatic rings. The molecule has 0 saturated heterocycles. The Morgan fingerprint density at radius 3 is 2.37 bits per heavy atom. The molecule has 5 nitrogen and oxygen atoms in total. The number of rotatable bonds is 12. The van der Waals surface area contributed by atoms with Crippen molar-refractivity contribution in [3.63, 3.8) is 0 Å². The summed E-state index contributed by atoms with van der Waals surface area (Å²) in [6.45, 7) is 2.84. The van der Waals surface area contributed by atoms with Gasteiger partial charge in [-0.1, -0.05) is 79.0 Å². The van der Waals surface area contributed by atoms with E-state index in [0.717, 1.165) is 48.1 Å². The minimum atomic E-state index is -0.595. The molecule has 38 heavy (non-hydrogen) atoms. The highest BCUT2D eigenvalue weighted by Crippen LogP contribution is 2.22. The van der Waals surface area contributed by atoms with E-state index >= 15 is 0 Å². The summed E-state index contributed by atoms with van der Waals surface area (Å²) in [6.07, 6.45) is 5.57. The Labute approximate surface area is 231 Å². The molecule has 1 unspecified atom stereocenters. The fourth-order valence-corrected chi connectivity index (χ4v) is 5.11. The van der Waals surface area contributed by atoms with Crippen molar-refractivity contribution in [2.24, 2.45) is 0 Å². The fraction of sp³-hybridized carbons (Fsp3) is 0.375. The molecule has 3 aromatic carbocycles. The van der Waals surface area contributed by atoms with E-state index in [1.807, 2.05) is 73.7 Å². The number of hydrogen-bond acceptors (Lipinski definition) is 3. The Bertz CT molecular complexity index is 1180. The van der Waals surface area contributed by atoms with Crippen molar-refractivity contribution in [1.29, 1.82) is 0 Å². The molecule has 1 N–H and O–H groups in total. The Morgan fingerprint density at radius 2 is 1.66 bits per heavy atom. The van der Waals surface area contributed by atoms with Crippen LogP contribution in [0.15, 0.2) is 78.9 Å². The molecule has 0 radical (unpaired) electrons. The molecule has 0 bridgehead atoms. The van der Waals surface area contributed by atoms with E-state index in [9.17, 15) is 9.59 Å². The lowest BCUT2D eigenvalue weighted by atomic mass is 10.0. The van der Waals surface area contributed by atoms with Crippen molar-refractivity contribution in [2.75, 3.05) is 6.61 Å². The van der Waals surface area contributed by atoms with Crippen LogP contribution < -0.4 is 10.1 Å². The maximum atomic E-state index is 13.8. The number of halogens is 1. The second-order valence-corrected chi connectivity index (χ2v) is 10.5. The number of hydrogen-bond donors (Lipinski definition) is 1. The third-order valence-corrected chi connectivity index (χ3v) is 7.44. The van der Waals surface area contributed by atoms with Crippen molar-refractivity contribution in [2.45, 2.75) is 70.5 Å². The number of ether oxygens (including phenoxy) is 1. The number of nitrogens with one attached hydrogen (secondary N) is 1. The first-order valence-electron chi connectivity index (χ1n) is 13.6. The van der Waals surface area contributed by atoms with Gasteiger partial charge >= 0.3 is 0 Å². The molecular formula is C32H37ClN2O3. The van der Waals surface area contributed by atoms with Gasteiger partial charge in [0.2, 0.25) is 11.8 Å². The monoisotopic (exact) mass is 532 g/mol. The van der Waals surface area contributed by atoms with E-state index < -0.39 is 6.04 Å². The molecule has 1 atom stereocenters. The van der Waals surface area contributed by atoms with E-state index in [4.69, 9.17) is 16.3 Å². The zero-order valence-corrected chi connectivity index (χ0v) is 22.8. The van der Waals surface area contributed by atoms with Gasteiger partial charge in [0.05, 0.1) is 6.61 Å². The Balaban J connectivity index is 1.52. The summed E-state index contributed by atoms with van der Waals surface area (Å²) in [4.78, 5) is 29.3. The van der Waals surface area contributed by atoms with Crippen LogP contribution in [-0.2, 0) is 22.6 Å². The average Bonchev–Trinajstić information content (AvgIpc) is 3.44. The summed E-state index contributed by atoms with van der Waals surface area (Å²) in [6, 6.07) is 24.8. The lowest BCUT2D eigenvalue weighted by Gasteiger charge is -2.33. The van der Waals surface area contributed by atoms with Crippen molar-refractivity contribution in [3.8, 4) is 5.75 Å². The smallest absolute Gasteiger partial charge is 0.243 e. The quantitative estimate of drug-likeness (QED) is 0.271. The first kappa shape index (κ1) is 27.7. The van der Waals surface area contributed by atoms with Gasteiger partial charge in [-0.3, -0.25) is 9.59 Å². The number of aryl methyl sites for hydroxylation is 1. The van der Waals surface area contributed by atoms with Crippen LogP contribution in [0.25, 0.3) is 0 Å². The lowest BCUT2D eigenvalue weighted by molar-refractivity contribution is -0.141. The highest BCUT2D eigenvalue weighted by Gasteiger charge is 2.32. The van der Waals surface area contributed by atoms with Crippen molar-refractivity contribution < 1.29 is 14.3 Å². The first-order valence-corrected chi connectivity index (χ1v) is 13.9. The summed E-state index contributed by atoms with van der Waals surface area (Å²) in [5.41, 5.74) is 3.18. The van der Waals surface area contributed by atoms with Crippen molar-refractivity contribution in [3.05, 3.63) is 101 Å². The average molecular weight is 533 g/mol. The van der Waals surface area contributed by atoms with Gasteiger partial charge in [0.15, 0.2) is 0 Å². The predicted octanol–water partition coefficient (Wildman–Crippen LogP) is 6.51. The third kappa shape index (κ3) is 8.09. The van der Waals surface area contributed by atoms with Crippen LogP contribution in [0.1, 0.15) is 55.2 Å². The van der Waals surface area contributed by atoms with E-state index in [1.54, 1.807) is 17.0 Å². The number of carbonyl (C=O) groups excluding carboxylic acids is 2. The summed E-state index contributed by atoms with van der Waals surface area (Å²) >= 11 is 5.96. The van der Waals surface area contributed by atoms with Gasteiger partial charge in [-0.05, 0) is 67.1 Å². The molecule has 4 rings (SSSR count). The summed E-state index contributed by atoms with van der Waals surface area (Å²) in [5, 5.41) is 3.91. The molecule has 6 heteroatoms. The van der Waals surface area contributed by atoms with Gasteiger partial charge in [-0.15, -0.1) is 0 Å². The molecule has 0 aromatic heterocycles. The lowest BCUT2D eigenvalue weighted by Crippen LogP contribution is -2.52. The van der Waals surface area contributed by atoms with Gasteiger partial charge in [-0.2, -0.15) is 0 Å². The van der Waals surface area contributed by atoms with Crippen LogP contribution in [0.5, 0.6) is 5.75 Å². The topological polar surface area (TPSA) is 58.6 Å². The Kier molecular flexibility index (Phi) is 10.2. The molecule has 0 spiro atoms. The maximum Gasteiger partial charge on any atom is 0.243 e. The standard InChI is InChI=1S/C32H37ClN2O3/c1-24-10-5-6-13-26(24)23-35(31(36)16-9-21-38-29-19-17-27(33)18-20-29)30(22-25-11-3-2-4-12-25)32(37)34-28-14-7-8-15-28/h2-6,10-13,17-20,28,30H,7-9,14-16,21-23H2,1H3,(H,34,37). The van der Waals surface area contributed by atoms with Gasteiger partial charge in [0, 0.05) is 30.5 Å². The Hall–Kier alpha value is -3.31. The van der Waals surface area contributed by atoms with Gasteiger partial charge in [0.1, 0.15) is 11.8 Å². The number of benzene rings is 3. The maximum absolute atomic E-state index is 13.8. The van der Waals surface area contributed by atoms with Crippen LogP contribution >= 0.6 is 11.6 Å². The Morgan fingerprint density at radius 1 is 0.974 bits per heavy atom. The molecule has 1 aliphatic carbocycles. The highest BCUT2D eigenvalue weighted by atomic mass is 35.5. The second kappa shape index (κ2) is 14.0. The summed E-state index contributed by atoms with van der Waals surface area (Å²) in [7, 11) is 0.